The van der Waals surface area contributed by atoms with E-state index in [1.807, 2.05) is 0 Å². The number of nitrogens with zero attached hydrogens (tertiary/aromatic N) is 1. The molecular weight excluding hydrogens is 235 g/mol. The van der Waals surface area contributed by atoms with Gasteiger partial charge in [-0.2, -0.15) is 18.4 Å². The predicted molar refractivity (Wildman–Crippen MR) is 52.7 cm³/mol. The normalized spacial score (nSPS) is 10.8. The number of halogens is 3. The maximum absolute atomic E-state index is 12.8. The standard InChI is InChI=1S/C11H8F3NO2/c1-6(16)9-7(5-15)3-4-8(17-2)10(9)11(12,13)14/h3-4H,1-2H3. The van der Waals surface area contributed by atoms with Crippen LogP contribution in [0.3, 0.4) is 0 Å². The first kappa shape index (κ1) is 13.0. The van der Waals surface area contributed by atoms with Gasteiger partial charge in [0.05, 0.1) is 24.3 Å². The number of carbonyl (C=O) groups excluding carboxylic acids is 1. The number of hydrogen-bond donors (Lipinski definition) is 0. The van der Waals surface area contributed by atoms with Crippen LogP contribution in [0.5, 0.6) is 5.75 Å². The van der Waals surface area contributed by atoms with Crippen LogP contribution in [-0.2, 0) is 6.18 Å². The molecule has 0 aliphatic rings. The molecule has 0 saturated heterocycles. The molecule has 0 radical (unpaired) electrons. The van der Waals surface area contributed by atoms with E-state index >= 15 is 0 Å². The number of alkyl halides is 3. The molecule has 0 spiro atoms. The second-order valence-corrected chi connectivity index (χ2v) is 3.23. The van der Waals surface area contributed by atoms with Crippen LogP contribution in [0.25, 0.3) is 0 Å². The smallest absolute Gasteiger partial charge is 0.420 e. The van der Waals surface area contributed by atoms with Crippen molar-refractivity contribution in [1.82, 2.24) is 0 Å². The van der Waals surface area contributed by atoms with Crippen molar-refractivity contribution in [3.05, 3.63) is 28.8 Å². The van der Waals surface area contributed by atoms with Crippen LogP contribution in [0.15, 0.2) is 12.1 Å². The Morgan fingerprint density at radius 3 is 2.35 bits per heavy atom. The summed E-state index contributed by atoms with van der Waals surface area (Å²) in [5.41, 5.74) is -2.17. The van der Waals surface area contributed by atoms with Gasteiger partial charge in [0.2, 0.25) is 0 Å². The van der Waals surface area contributed by atoms with Gasteiger partial charge in [0, 0.05) is 0 Å². The zero-order chi connectivity index (χ0) is 13.2. The number of methoxy groups -OCH3 is 1. The Bertz CT molecular complexity index is 501. The Morgan fingerprint density at radius 1 is 1.41 bits per heavy atom. The van der Waals surface area contributed by atoms with Crippen LogP contribution in [0.4, 0.5) is 13.2 Å². The molecule has 1 rings (SSSR count). The van der Waals surface area contributed by atoms with Gasteiger partial charge in [-0.05, 0) is 19.1 Å². The third kappa shape index (κ3) is 2.38. The Labute approximate surface area is 95.4 Å². The summed E-state index contributed by atoms with van der Waals surface area (Å²) in [4.78, 5) is 11.3. The highest BCUT2D eigenvalue weighted by atomic mass is 19.4. The molecule has 90 valence electrons. The van der Waals surface area contributed by atoms with Crippen LogP contribution < -0.4 is 4.74 Å². The summed E-state index contributed by atoms with van der Waals surface area (Å²) in [5, 5.41) is 8.71. The average Bonchev–Trinajstić information content (AvgIpc) is 2.25. The average molecular weight is 243 g/mol. The highest BCUT2D eigenvalue weighted by molar-refractivity contribution is 5.99. The fourth-order valence-corrected chi connectivity index (χ4v) is 1.49. The second-order valence-electron chi connectivity index (χ2n) is 3.23. The maximum atomic E-state index is 12.8. The molecule has 0 unspecified atom stereocenters. The first-order valence-corrected chi connectivity index (χ1v) is 4.52. The lowest BCUT2D eigenvalue weighted by molar-refractivity contribution is -0.139. The number of rotatable bonds is 2. The van der Waals surface area contributed by atoms with Crippen molar-refractivity contribution in [2.75, 3.05) is 7.11 Å². The van der Waals surface area contributed by atoms with Crippen molar-refractivity contribution < 1.29 is 22.7 Å². The molecule has 3 nitrogen and oxygen atoms in total. The summed E-state index contributed by atoms with van der Waals surface area (Å²) in [6.45, 7) is 0.977. The summed E-state index contributed by atoms with van der Waals surface area (Å²) in [6, 6.07) is 3.72. The van der Waals surface area contributed by atoms with E-state index < -0.39 is 28.8 Å². The molecule has 0 saturated carbocycles. The summed E-state index contributed by atoms with van der Waals surface area (Å²) >= 11 is 0. The number of benzene rings is 1. The van der Waals surface area contributed by atoms with Crippen molar-refractivity contribution in [2.24, 2.45) is 0 Å². The molecule has 0 atom stereocenters. The third-order valence-electron chi connectivity index (χ3n) is 2.14. The van der Waals surface area contributed by atoms with E-state index in [1.165, 1.54) is 0 Å². The number of Topliss-reactive ketones (excluding diaryl/α,β-unsaturated/α-hetero) is 1. The lowest BCUT2D eigenvalue weighted by Gasteiger charge is -2.15. The Kier molecular flexibility index (Phi) is 3.42. The first-order chi connectivity index (χ1) is 7.82. The van der Waals surface area contributed by atoms with Gasteiger partial charge in [0.15, 0.2) is 5.78 Å². The highest BCUT2D eigenvalue weighted by Crippen LogP contribution is 2.40. The number of ether oxygens (including phenoxy) is 1. The van der Waals surface area contributed by atoms with Gasteiger partial charge >= 0.3 is 6.18 Å². The van der Waals surface area contributed by atoms with Gasteiger partial charge in [-0.1, -0.05) is 0 Å². The molecule has 1 aromatic rings. The van der Waals surface area contributed by atoms with Crippen molar-refractivity contribution in [3.63, 3.8) is 0 Å². The molecule has 0 fully saturated rings. The fourth-order valence-electron chi connectivity index (χ4n) is 1.49. The summed E-state index contributed by atoms with van der Waals surface area (Å²) in [5.74, 6) is -1.30. The predicted octanol–water partition coefficient (Wildman–Crippen LogP) is 2.79. The first-order valence-electron chi connectivity index (χ1n) is 4.52. The Morgan fingerprint density at radius 2 is 2.00 bits per heavy atom. The number of carbonyl (C=O) groups is 1. The minimum absolute atomic E-state index is 0.314. The highest BCUT2D eigenvalue weighted by Gasteiger charge is 2.39. The zero-order valence-corrected chi connectivity index (χ0v) is 9.05. The van der Waals surface area contributed by atoms with E-state index in [4.69, 9.17) is 5.26 Å². The quantitative estimate of drug-likeness (QED) is 0.750. The van der Waals surface area contributed by atoms with Crippen molar-refractivity contribution in [1.29, 1.82) is 5.26 Å². The van der Waals surface area contributed by atoms with E-state index in [0.29, 0.717) is 0 Å². The van der Waals surface area contributed by atoms with Crippen LogP contribution in [0.2, 0.25) is 0 Å². The third-order valence-corrected chi connectivity index (χ3v) is 2.14. The minimum Gasteiger partial charge on any atom is -0.496 e. The van der Waals surface area contributed by atoms with Gasteiger partial charge in [-0.15, -0.1) is 0 Å². The van der Waals surface area contributed by atoms with Crippen molar-refractivity contribution in [2.45, 2.75) is 13.1 Å². The number of nitriles is 1. The van der Waals surface area contributed by atoms with Gasteiger partial charge in [-0.25, -0.2) is 0 Å². The lowest BCUT2D eigenvalue weighted by Crippen LogP contribution is -2.15. The van der Waals surface area contributed by atoms with Gasteiger partial charge in [0.25, 0.3) is 0 Å². The van der Waals surface area contributed by atoms with E-state index in [1.54, 1.807) is 6.07 Å². The van der Waals surface area contributed by atoms with Gasteiger partial charge < -0.3 is 4.74 Å². The zero-order valence-electron chi connectivity index (χ0n) is 9.05. The second kappa shape index (κ2) is 4.45. The van der Waals surface area contributed by atoms with Crippen LogP contribution in [-0.4, -0.2) is 12.9 Å². The fraction of sp³-hybridized carbons (Fsp3) is 0.273. The van der Waals surface area contributed by atoms with E-state index in [0.717, 1.165) is 26.2 Å². The summed E-state index contributed by atoms with van der Waals surface area (Å²) in [7, 11) is 1.07. The molecule has 1 aromatic carbocycles. The summed E-state index contributed by atoms with van der Waals surface area (Å²) < 4.78 is 43.1. The number of hydrogen-bond acceptors (Lipinski definition) is 3. The Balaban J connectivity index is 3.73. The molecule has 0 aliphatic heterocycles. The maximum Gasteiger partial charge on any atom is 0.420 e. The molecule has 6 heteroatoms. The van der Waals surface area contributed by atoms with E-state index in [9.17, 15) is 18.0 Å². The van der Waals surface area contributed by atoms with E-state index in [-0.39, 0.29) is 5.56 Å². The molecule has 0 amide bonds. The largest absolute Gasteiger partial charge is 0.496 e. The molecule has 17 heavy (non-hydrogen) atoms. The Hall–Kier alpha value is -2.03. The van der Waals surface area contributed by atoms with E-state index in [2.05, 4.69) is 4.74 Å². The summed E-state index contributed by atoms with van der Waals surface area (Å²) in [6.07, 6.45) is -4.75. The van der Waals surface area contributed by atoms with Gasteiger partial charge in [-0.3, -0.25) is 4.79 Å². The molecular formula is C11H8F3NO2. The van der Waals surface area contributed by atoms with Crippen LogP contribution >= 0.6 is 0 Å². The molecule has 0 aliphatic carbocycles. The molecule has 0 N–H and O–H groups in total. The monoisotopic (exact) mass is 243 g/mol. The van der Waals surface area contributed by atoms with Gasteiger partial charge in [0.1, 0.15) is 11.3 Å². The lowest BCUT2D eigenvalue weighted by atomic mass is 9.97. The minimum atomic E-state index is -4.75. The topological polar surface area (TPSA) is 50.1 Å². The van der Waals surface area contributed by atoms with Crippen molar-refractivity contribution in [3.8, 4) is 11.8 Å². The van der Waals surface area contributed by atoms with Crippen LogP contribution in [0, 0.1) is 11.3 Å². The number of ketones is 1. The SMILES string of the molecule is COc1ccc(C#N)c(C(C)=O)c1C(F)(F)F. The molecule has 0 heterocycles. The molecule has 0 aromatic heterocycles. The van der Waals surface area contributed by atoms with Crippen LogP contribution in [0.1, 0.15) is 28.4 Å². The molecule has 0 bridgehead atoms. The van der Waals surface area contributed by atoms with Crippen molar-refractivity contribution >= 4 is 5.78 Å².